The zero-order valence-corrected chi connectivity index (χ0v) is 16.0. The second kappa shape index (κ2) is 5.13. The van der Waals surface area contributed by atoms with E-state index in [4.69, 9.17) is 0 Å². The van der Waals surface area contributed by atoms with Crippen molar-refractivity contribution in [1.82, 2.24) is 0 Å². The number of anilines is 3. The van der Waals surface area contributed by atoms with Crippen molar-refractivity contribution in [3.8, 4) is 11.1 Å². The maximum Gasteiger partial charge on any atom is 0.538 e. The third-order valence-electron chi connectivity index (χ3n) is 6.08. The Morgan fingerprint density at radius 2 is 1.58 bits per heavy atom. The Bertz CT molecular complexity index is 1070. The van der Waals surface area contributed by atoms with Crippen LogP contribution in [-0.2, 0) is 7.05 Å². The Labute approximate surface area is 155 Å². The number of hydrogen-bond donors (Lipinski definition) is 0. The van der Waals surface area contributed by atoms with Crippen LogP contribution in [-0.4, -0.2) is 14.0 Å². The number of rotatable bonds is 0. The van der Waals surface area contributed by atoms with Crippen molar-refractivity contribution in [3.05, 3.63) is 65.4 Å². The van der Waals surface area contributed by atoms with E-state index in [1.165, 1.54) is 50.5 Å². The third kappa shape index (κ3) is 1.77. The van der Waals surface area contributed by atoms with Gasteiger partial charge in [0, 0.05) is 11.0 Å². The average molecular weight is 340 g/mol. The molecule has 0 N–H and O–H groups in total. The van der Waals surface area contributed by atoms with E-state index < -0.39 is 0 Å². The highest BCUT2D eigenvalue weighted by atomic mass is 15.3. The second-order valence-corrected chi connectivity index (χ2v) is 7.63. The van der Waals surface area contributed by atoms with E-state index in [1.54, 1.807) is 0 Å². The van der Waals surface area contributed by atoms with Crippen LogP contribution < -0.4 is 19.7 Å². The molecule has 2 aliphatic heterocycles. The first-order valence-electron chi connectivity index (χ1n) is 9.21. The monoisotopic (exact) mass is 340 g/mol. The molecular weight excluding hydrogens is 317 g/mol. The van der Waals surface area contributed by atoms with Crippen LogP contribution in [0, 0.1) is 20.8 Å². The first kappa shape index (κ1) is 15.5. The molecule has 2 aromatic carbocycles. The minimum absolute atomic E-state index is 0.196. The molecule has 0 amide bonds. The predicted molar refractivity (Wildman–Crippen MR) is 110 cm³/mol. The van der Waals surface area contributed by atoms with Gasteiger partial charge in [-0.05, 0) is 50.1 Å². The van der Waals surface area contributed by atoms with Gasteiger partial charge in [0.1, 0.15) is 11.4 Å². The van der Waals surface area contributed by atoms with Gasteiger partial charge in [-0.2, -0.15) is 0 Å². The standard InChI is InChI=1S/C22H23BN3/c1-14-9-8-11-18-17-10-6-7-12-19(17)23-25(5)21-16(3)15(2)13-24(4)22(21)26(23)20(14)18/h6-13H,1-5H3/q+1. The van der Waals surface area contributed by atoms with Crippen molar-refractivity contribution >= 4 is 29.6 Å². The van der Waals surface area contributed by atoms with Gasteiger partial charge in [-0.1, -0.05) is 42.5 Å². The van der Waals surface area contributed by atoms with Crippen LogP contribution in [0.25, 0.3) is 11.1 Å². The number of nitrogens with zero attached hydrogens (tertiary/aromatic N) is 3. The molecule has 2 aliphatic rings. The number of para-hydroxylation sites is 1. The fraction of sp³-hybridized carbons (Fsp3) is 0.227. The summed E-state index contributed by atoms with van der Waals surface area (Å²) in [5.74, 6) is 1.28. The minimum atomic E-state index is 0.196. The predicted octanol–water partition coefficient (Wildman–Crippen LogP) is 3.40. The molecule has 0 saturated carbocycles. The SMILES string of the molecule is Cc1c[n+](C)c2c(c1C)N(C)B1c3ccccc3-c3cccc(C)c3N12. The van der Waals surface area contributed by atoms with E-state index in [9.17, 15) is 0 Å². The summed E-state index contributed by atoms with van der Waals surface area (Å²) in [5.41, 5.74) is 10.7. The molecule has 4 heteroatoms. The lowest BCUT2D eigenvalue weighted by Crippen LogP contribution is -2.57. The molecule has 0 saturated heterocycles. The van der Waals surface area contributed by atoms with Crippen LogP contribution >= 0.6 is 0 Å². The van der Waals surface area contributed by atoms with Crippen LogP contribution in [0.2, 0.25) is 0 Å². The first-order chi connectivity index (χ1) is 12.5. The summed E-state index contributed by atoms with van der Waals surface area (Å²) < 4.78 is 2.29. The summed E-state index contributed by atoms with van der Waals surface area (Å²) in [7, 11) is 4.40. The van der Waals surface area contributed by atoms with Gasteiger partial charge >= 0.3 is 6.98 Å². The Balaban J connectivity index is 1.92. The molecule has 0 aliphatic carbocycles. The fourth-order valence-corrected chi connectivity index (χ4v) is 4.83. The Hall–Kier alpha value is -2.75. The van der Waals surface area contributed by atoms with Crippen molar-refractivity contribution in [2.24, 2.45) is 7.05 Å². The first-order valence-corrected chi connectivity index (χ1v) is 9.21. The number of aryl methyl sites for hydroxylation is 3. The Kier molecular flexibility index (Phi) is 3.06. The summed E-state index contributed by atoms with van der Waals surface area (Å²) in [6.45, 7) is 6.87. The number of pyridine rings is 1. The molecule has 0 unspecified atom stereocenters. The van der Waals surface area contributed by atoms with Gasteiger partial charge in [-0.3, -0.25) is 4.81 Å². The highest BCUT2D eigenvalue weighted by Gasteiger charge is 2.55. The molecule has 0 atom stereocenters. The Morgan fingerprint density at radius 1 is 0.846 bits per heavy atom. The largest absolute Gasteiger partial charge is 0.538 e. The van der Waals surface area contributed by atoms with Crippen LogP contribution in [0.3, 0.4) is 0 Å². The summed E-state index contributed by atoms with van der Waals surface area (Å²) in [6.07, 6.45) is 2.25. The zero-order chi connectivity index (χ0) is 18.2. The van der Waals surface area contributed by atoms with Crippen LogP contribution in [0.4, 0.5) is 17.2 Å². The lowest BCUT2D eigenvalue weighted by Gasteiger charge is -2.30. The topological polar surface area (TPSA) is 10.4 Å². The van der Waals surface area contributed by atoms with E-state index >= 15 is 0 Å². The van der Waals surface area contributed by atoms with Crippen molar-refractivity contribution in [2.45, 2.75) is 20.8 Å². The maximum atomic E-state index is 2.54. The maximum absolute atomic E-state index is 2.54. The third-order valence-corrected chi connectivity index (χ3v) is 6.08. The quantitative estimate of drug-likeness (QED) is 0.459. The molecule has 26 heavy (non-hydrogen) atoms. The van der Waals surface area contributed by atoms with Crippen LogP contribution in [0.1, 0.15) is 16.7 Å². The van der Waals surface area contributed by atoms with Gasteiger partial charge in [-0.25, -0.2) is 4.57 Å². The molecule has 0 bridgehead atoms. The molecule has 3 heterocycles. The van der Waals surface area contributed by atoms with Gasteiger partial charge in [-0.15, -0.1) is 0 Å². The van der Waals surface area contributed by atoms with E-state index in [2.05, 4.69) is 97.7 Å². The molecule has 0 spiro atoms. The fourth-order valence-electron chi connectivity index (χ4n) is 4.83. The van der Waals surface area contributed by atoms with Crippen molar-refractivity contribution in [1.29, 1.82) is 0 Å². The number of benzene rings is 2. The highest BCUT2D eigenvalue weighted by molar-refractivity contribution is 6.85. The summed E-state index contributed by atoms with van der Waals surface area (Å²) in [5, 5.41) is 0. The molecule has 1 aromatic heterocycles. The van der Waals surface area contributed by atoms with Crippen molar-refractivity contribution in [3.63, 3.8) is 0 Å². The van der Waals surface area contributed by atoms with E-state index in [0.717, 1.165) is 0 Å². The number of aromatic nitrogens is 1. The molecular formula is C22H23BN3+. The van der Waals surface area contributed by atoms with E-state index in [1.807, 2.05) is 0 Å². The van der Waals surface area contributed by atoms with Crippen LogP contribution in [0.5, 0.6) is 0 Å². The molecule has 0 radical (unpaired) electrons. The highest BCUT2D eigenvalue weighted by Crippen LogP contribution is 2.48. The smallest absolute Gasteiger partial charge is 0.366 e. The van der Waals surface area contributed by atoms with Gasteiger partial charge in [0.2, 0.25) is 0 Å². The van der Waals surface area contributed by atoms with Gasteiger partial charge in [0.15, 0.2) is 0 Å². The van der Waals surface area contributed by atoms with E-state index in [-0.39, 0.29) is 6.98 Å². The van der Waals surface area contributed by atoms with E-state index in [0.29, 0.717) is 0 Å². The zero-order valence-electron chi connectivity index (χ0n) is 16.0. The average Bonchev–Trinajstić information content (AvgIpc) is 2.94. The minimum Gasteiger partial charge on any atom is -0.366 e. The molecule has 5 rings (SSSR count). The summed E-state index contributed by atoms with van der Waals surface area (Å²) in [6, 6.07) is 15.5. The Morgan fingerprint density at radius 3 is 2.38 bits per heavy atom. The van der Waals surface area contributed by atoms with Crippen molar-refractivity contribution in [2.75, 3.05) is 16.7 Å². The number of fused-ring (bicyclic) bond motifs is 8. The number of hydrogen-bond acceptors (Lipinski definition) is 2. The second-order valence-electron chi connectivity index (χ2n) is 7.63. The normalized spacial score (nSPS) is 14.1. The molecule has 0 fully saturated rings. The van der Waals surface area contributed by atoms with Gasteiger partial charge in [0.05, 0.1) is 13.2 Å². The molecule has 128 valence electrons. The van der Waals surface area contributed by atoms with Crippen molar-refractivity contribution < 1.29 is 4.57 Å². The van der Waals surface area contributed by atoms with Gasteiger partial charge in [0.25, 0.3) is 5.82 Å². The lowest BCUT2D eigenvalue weighted by atomic mass is 9.59. The summed E-state index contributed by atoms with van der Waals surface area (Å²) in [4.78, 5) is 4.99. The summed E-state index contributed by atoms with van der Waals surface area (Å²) >= 11 is 0. The molecule has 3 nitrogen and oxygen atoms in total. The van der Waals surface area contributed by atoms with Crippen LogP contribution in [0.15, 0.2) is 48.7 Å². The molecule has 3 aromatic rings. The lowest BCUT2D eigenvalue weighted by molar-refractivity contribution is -0.657. The van der Waals surface area contributed by atoms with Gasteiger partial charge < -0.3 is 4.81 Å².